The molecular formula is C15H19NOS. The Balaban J connectivity index is 1.32. The van der Waals surface area contributed by atoms with Crippen molar-refractivity contribution in [2.45, 2.75) is 54.1 Å². The molecule has 2 fully saturated rings. The zero-order valence-electron chi connectivity index (χ0n) is 10.5. The van der Waals surface area contributed by atoms with Crippen LogP contribution in [0.4, 0.5) is 0 Å². The summed E-state index contributed by atoms with van der Waals surface area (Å²) in [7, 11) is 0. The van der Waals surface area contributed by atoms with E-state index in [-0.39, 0.29) is 0 Å². The molecule has 1 aromatic carbocycles. The van der Waals surface area contributed by atoms with E-state index in [4.69, 9.17) is 4.74 Å². The second kappa shape index (κ2) is 4.55. The molecule has 18 heavy (non-hydrogen) atoms. The molecule has 0 amide bonds. The molecule has 2 bridgehead atoms. The van der Waals surface area contributed by atoms with E-state index in [0.29, 0.717) is 23.5 Å². The monoisotopic (exact) mass is 261 g/mol. The summed E-state index contributed by atoms with van der Waals surface area (Å²) in [5.74, 6) is 0. The van der Waals surface area contributed by atoms with Crippen molar-refractivity contribution in [3.8, 4) is 0 Å². The maximum Gasteiger partial charge on any atom is 0.0733 e. The molecule has 3 heterocycles. The van der Waals surface area contributed by atoms with Crippen molar-refractivity contribution in [2.75, 3.05) is 6.54 Å². The number of thioether (sulfide) groups is 1. The van der Waals surface area contributed by atoms with Crippen LogP contribution in [0.1, 0.15) is 24.8 Å². The van der Waals surface area contributed by atoms with Crippen LogP contribution in [0, 0.1) is 0 Å². The molecule has 4 rings (SSSR count). The first-order chi connectivity index (χ1) is 8.88. The van der Waals surface area contributed by atoms with Gasteiger partial charge in [0.05, 0.1) is 12.2 Å². The van der Waals surface area contributed by atoms with E-state index in [1.54, 1.807) is 0 Å². The lowest BCUT2D eigenvalue weighted by atomic mass is 9.95. The summed E-state index contributed by atoms with van der Waals surface area (Å²) in [6, 6.07) is 9.43. The van der Waals surface area contributed by atoms with Crippen molar-refractivity contribution < 1.29 is 4.74 Å². The van der Waals surface area contributed by atoms with Gasteiger partial charge >= 0.3 is 0 Å². The van der Waals surface area contributed by atoms with Crippen molar-refractivity contribution in [3.63, 3.8) is 0 Å². The van der Waals surface area contributed by atoms with Gasteiger partial charge in [-0.1, -0.05) is 18.2 Å². The molecule has 3 heteroatoms. The average molecular weight is 261 g/mol. The SMILES string of the molecule is c1ccc2c(c1)CC(CNC1CC3CCC1O3)S2. The van der Waals surface area contributed by atoms with Crippen molar-refractivity contribution in [1.29, 1.82) is 0 Å². The lowest BCUT2D eigenvalue weighted by Crippen LogP contribution is -2.40. The molecule has 3 aliphatic rings. The molecule has 0 aromatic heterocycles. The highest BCUT2D eigenvalue weighted by molar-refractivity contribution is 8.00. The number of hydrogen-bond acceptors (Lipinski definition) is 3. The molecule has 2 nitrogen and oxygen atoms in total. The van der Waals surface area contributed by atoms with E-state index >= 15 is 0 Å². The van der Waals surface area contributed by atoms with Gasteiger partial charge in [-0.2, -0.15) is 0 Å². The highest BCUT2D eigenvalue weighted by atomic mass is 32.2. The minimum absolute atomic E-state index is 0.503. The summed E-state index contributed by atoms with van der Waals surface area (Å²) in [6.45, 7) is 1.12. The molecule has 3 aliphatic heterocycles. The van der Waals surface area contributed by atoms with E-state index < -0.39 is 0 Å². The van der Waals surface area contributed by atoms with Crippen molar-refractivity contribution in [1.82, 2.24) is 5.32 Å². The zero-order chi connectivity index (χ0) is 11.9. The van der Waals surface area contributed by atoms with E-state index in [2.05, 4.69) is 29.6 Å². The van der Waals surface area contributed by atoms with Gasteiger partial charge in [-0.3, -0.25) is 0 Å². The first-order valence-corrected chi connectivity index (χ1v) is 7.90. The summed E-state index contributed by atoms with van der Waals surface area (Å²) in [5, 5.41) is 4.45. The van der Waals surface area contributed by atoms with Crippen LogP contribution < -0.4 is 5.32 Å². The largest absolute Gasteiger partial charge is 0.373 e. The second-order valence-corrected chi connectivity index (χ2v) is 7.02. The number of ether oxygens (including phenoxy) is 1. The Morgan fingerprint density at radius 1 is 1.28 bits per heavy atom. The smallest absolute Gasteiger partial charge is 0.0733 e. The van der Waals surface area contributed by atoms with Gasteiger partial charge in [-0.15, -0.1) is 11.8 Å². The number of nitrogens with one attached hydrogen (secondary N) is 1. The van der Waals surface area contributed by atoms with E-state index in [9.17, 15) is 0 Å². The number of rotatable bonds is 3. The van der Waals surface area contributed by atoms with Crippen LogP contribution in [0.25, 0.3) is 0 Å². The normalized spacial score (nSPS) is 37.1. The van der Waals surface area contributed by atoms with Gasteiger partial charge in [0, 0.05) is 22.7 Å². The standard InChI is InChI=1S/C15H19NOS/c1-2-4-15-10(3-1)7-12(18-15)9-16-13-8-11-5-6-14(13)17-11/h1-4,11-14,16H,5-9H2. The van der Waals surface area contributed by atoms with Gasteiger partial charge in [0.15, 0.2) is 0 Å². The molecule has 1 N–H and O–H groups in total. The quantitative estimate of drug-likeness (QED) is 0.904. The van der Waals surface area contributed by atoms with Gasteiger partial charge in [0.25, 0.3) is 0 Å². The highest BCUT2D eigenvalue weighted by Gasteiger charge is 2.40. The summed E-state index contributed by atoms with van der Waals surface area (Å²) in [6.07, 6.45) is 6.06. The molecule has 0 radical (unpaired) electrons. The summed E-state index contributed by atoms with van der Waals surface area (Å²) < 4.78 is 5.89. The second-order valence-electron chi connectivity index (χ2n) is 5.68. The molecule has 0 aliphatic carbocycles. The molecular weight excluding hydrogens is 242 g/mol. The topological polar surface area (TPSA) is 21.3 Å². The maximum atomic E-state index is 5.89. The van der Waals surface area contributed by atoms with E-state index in [1.807, 2.05) is 11.8 Å². The van der Waals surface area contributed by atoms with Gasteiger partial charge in [-0.25, -0.2) is 0 Å². The van der Waals surface area contributed by atoms with Gasteiger partial charge in [0.1, 0.15) is 0 Å². The van der Waals surface area contributed by atoms with E-state index in [0.717, 1.165) is 6.54 Å². The lowest BCUT2D eigenvalue weighted by molar-refractivity contribution is 0.0975. The average Bonchev–Trinajstić information content (AvgIpc) is 3.10. The molecule has 0 saturated carbocycles. The summed E-state index contributed by atoms with van der Waals surface area (Å²) in [5.41, 5.74) is 1.53. The molecule has 96 valence electrons. The fourth-order valence-electron chi connectivity index (χ4n) is 3.50. The molecule has 0 spiro atoms. The Kier molecular flexibility index (Phi) is 2.86. The van der Waals surface area contributed by atoms with Crippen LogP contribution in [-0.2, 0) is 11.2 Å². The van der Waals surface area contributed by atoms with Crippen LogP contribution in [0.3, 0.4) is 0 Å². The van der Waals surface area contributed by atoms with Crippen molar-refractivity contribution in [2.24, 2.45) is 0 Å². The molecule has 2 saturated heterocycles. The Morgan fingerprint density at radius 2 is 2.22 bits per heavy atom. The van der Waals surface area contributed by atoms with E-state index in [1.165, 1.54) is 36.1 Å². The third kappa shape index (κ3) is 1.98. The minimum Gasteiger partial charge on any atom is -0.373 e. The number of benzene rings is 1. The van der Waals surface area contributed by atoms with Crippen molar-refractivity contribution in [3.05, 3.63) is 29.8 Å². The first kappa shape index (κ1) is 11.3. The molecule has 1 aromatic rings. The Bertz CT molecular complexity index is 425. The predicted octanol–water partition coefficient (Wildman–Crippen LogP) is 2.61. The van der Waals surface area contributed by atoms with Gasteiger partial charge in [0.2, 0.25) is 0 Å². The lowest BCUT2D eigenvalue weighted by Gasteiger charge is -2.21. The van der Waals surface area contributed by atoms with Gasteiger partial charge < -0.3 is 10.1 Å². The zero-order valence-corrected chi connectivity index (χ0v) is 11.3. The summed E-state index contributed by atoms with van der Waals surface area (Å²) in [4.78, 5) is 1.48. The predicted molar refractivity (Wildman–Crippen MR) is 74.1 cm³/mol. The third-order valence-electron chi connectivity index (χ3n) is 4.43. The van der Waals surface area contributed by atoms with Crippen LogP contribution in [0.2, 0.25) is 0 Å². The fraction of sp³-hybridized carbons (Fsp3) is 0.600. The Morgan fingerprint density at radius 3 is 3.00 bits per heavy atom. The fourth-order valence-corrected chi connectivity index (χ4v) is 4.76. The van der Waals surface area contributed by atoms with Crippen LogP contribution >= 0.6 is 11.8 Å². The summed E-state index contributed by atoms with van der Waals surface area (Å²) >= 11 is 2.04. The third-order valence-corrected chi connectivity index (χ3v) is 5.75. The van der Waals surface area contributed by atoms with Crippen LogP contribution in [-0.4, -0.2) is 30.0 Å². The number of fused-ring (bicyclic) bond motifs is 3. The minimum atomic E-state index is 0.503. The first-order valence-electron chi connectivity index (χ1n) is 7.02. The van der Waals surface area contributed by atoms with Crippen molar-refractivity contribution >= 4 is 11.8 Å². The Labute approximate surface area is 112 Å². The highest BCUT2D eigenvalue weighted by Crippen LogP contribution is 2.37. The maximum absolute atomic E-state index is 5.89. The van der Waals surface area contributed by atoms with Gasteiger partial charge in [-0.05, 0) is 37.3 Å². The Hall–Kier alpha value is -0.510. The van der Waals surface area contributed by atoms with Crippen LogP contribution in [0.5, 0.6) is 0 Å². The van der Waals surface area contributed by atoms with Crippen LogP contribution in [0.15, 0.2) is 29.2 Å². The number of hydrogen-bond donors (Lipinski definition) is 1. The molecule has 4 unspecified atom stereocenters. The molecule has 4 atom stereocenters.